The van der Waals surface area contributed by atoms with Crippen LogP contribution in [0, 0.1) is 3.70 Å². The number of nitrogens with zero attached hydrogens (tertiary/aromatic N) is 1. The Bertz CT molecular complexity index is 333. The summed E-state index contributed by atoms with van der Waals surface area (Å²) in [7, 11) is 1.31. The predicted molar refractivity (Wildman–Crippen MR) is 54.4 cm³/mol. The fourth-order valence-electron chi connectivity index (χ4n) is 1.02. The average Bonchev–Trinajstić information content (AvgIpc) is 2.16. The number of aliphatic hydroxyl groups is 1. The van der Waals surface area contributed by atoms with Crippen molar-refractivity contribution >= 4 is 22.6 Å². The summed E-state index contributed by atoms with van der Waals surface area (Å²) in [6, 6.07) is 1.14. The van der Waals surface area contributed by atoms with E-state index in [9.17, 15) is 8.78 Å². The van der Waals surface area contributed by atoms with Gasteiger partial charge in [0.1, 0.15) is 3.70 Å². The molecule has 14 heavy (non-hydrogen) atoms. The van der Waals surface area contributed by atoms with Crippen molar-refractivity contribution in [3.05, 3.63) is 21.0 Å². The van der Waals surface area contributed by atoms with Crippen molar-refractivity contribution in [2.75, 3.05) is 7.11 Å². The van der Waals surface area contributed by atoms with E-state index in [1.54, 1.807) is 22.6 Å². The van der Waals surface area contributed by atoms with Crippen LogP contribution in [-0.4, -0.2) is 17.2 Å². The van der Waals surface area contributed by atoms with E-state index in [4.69, 9.17) is 9.84 Å². The SMILES string of the molecule is COc1c(C(F)F)cc(CO)nc1I. The van der Waals surface area contributed by atoms with Crippen LogP contribution in [0.3, 0.4) is 0 Å². The van der Waals surface area contributed by atoms with Gasteiger partial charge in [0, 0.05) is 0 Å². The molecule has 0 atom stereocenters. The lowest BCUT2D eigenvalue weighted by atomic mass is 10.2. The van der Waals surface area contributed by atoms with Gasteiger partial charge in [0.25, 0.3) is 6.43 Å². The molecule has 6 heteroatoms. The molecule has 1 aromatic rings. The Morgan fingerprint density at radius 1 is 1.64 bits per heavy atom. The van der Waals surface area contributed by atoms with Crippen molar-refractivity contribution in [3.63, 3.8) is 0 Å². The molecule has 0 aliphatic rings. The van der Waals surface area contributed by atoms with Crippen LogP contribution in [0.2, 0.25) is 0 Å². The molecule has 1 aromatic heterocycles. The normalized spacial score (nSPS) is 10.7. The molecule has 3 nitrogen and oxygen atoms in total. The van der Waals surface area contributed by atoms with Crippen molar-refractivity contribution < 1.29 is 18.6 Å². The number of halogens is 3. The summed E-state index contributed by atoms with van der Waals surface area (Å²) in [6.07, 6.45) is -2.63. The van der Waals surface area contributed by atoms with Gasteiger partial charge in [-0.15, -0.1) is 0 Å². The zero-order valence-electron chi connectivity index (χ0n) is 7.30. The van der Waals surface area contributed by atoms with Crippen LogP contribution in [0.15, 0.2) is 6.07 Å². The van der Waals surface area contributed by atoms with Crippen molar-refractivity contribution in [1.29, 1.82) is 0 Å². The summed E-state index contributed by atoms with van der Waals surface area (Å²) in [5.41, 5.74) is -0.0264. The number of hydrogen-bond acceptors (Lipinski definition) is 3. The van der Waals surface area contributed by atoms with Gasteiger partial charge >= 0.3 is 0 Å². The summed E-state index contributed by atoms with van der Waals surface area (Å²) in [4.78, 5) is 3.88. The van der Waals surface area contributed by atoms with Gasteiger partial charge in [0.05, 0.1) is 25.0 Å². The zero-order chi connectivity index (χ0) is 10.7. The van der Waals surface area contributed by atoms with Crippen molar-refractivity contribution in [1.82, 2.24) is 4.98 Å². The minimum absolute atomic E-state index is 0.0674. The molecule has 78 valence electrons. The standard InChI is InChI=1S/C8H8F2INO2/c1-14-6-5(7(9)10)2-4(3-13)12-8(6)11/h2,7,13H,3H2,1H3. The van der Waals surface area contributed by atoms with Crippen LogP contribution >= 0.6 is 22.6 Å². The van der Waals surface area contributed by atoms with Crippen molar-refractivity contribution in [3.8, 4) is 5.75 Å². The summed E-state index contributed by atoms with van der Waals surface area (Å²) in [5, 5.41) is 8.78. The minimum atomic E-state index is -2.63. The zero-order valence-corrected chi connectivity index (χ0v) is 9.46. The van der Waals surface area contributed by atoms with Crippen molar-refractivity contribution in [2.45, 2.75) is 13.0 Å². The van der Waals surface area contributed by atoms with E-state index < -0.39 is 6.43 Å². The van der Waals surface area contributed by atoms with Gasteiger partial charge in [0.15, 0.2) is 5.75 Å². The minimum Gasteiger partial charge on any atom is -0.493 e. The van der Waals surface area contributed by atoms with Crippen LogP contribution in [0.1, 0.15) is 17.7 Å². The van der Waals surface area contributed by atoms with Gasteiger partial charge in [-0.05, 0) is 28.7 Å². The Labute approximate surface area is 93.2 Å². The van der Waals surface area contributed by atoms with Crippen LogP contribution in [0.5, 0.6) is 5.75 Å². The summed E-state index contributed by atoms with van der Waals surface area (Å²) in [5.74, 6) is 0.0674. The molecule has 1 heterocycles. The first-order valence-electron chi connectivity index (χ1n) is 3.72. The van der Waals surface area contributed by atoms with E-state index in [2.05, 4.69) is 4.98 Å². The largest absolute Gasteiger partial charge is 0.493 e. The summed E-state index contributed by atoms with van der Waals surface area (Å²) in [6.45, 7) is -0.361. The molecule has 0 spiro atoms. The Morgan fingerprint density at radius 3 is 2.71 bits per heavy atom. The average molecular weight is 315 g/mol. The quantitative estimate of drug-likeness (QED) is 0.686. The molecule has 0 fully saturated rings. The highest BCUT2D eigenvalue weighted by atomic mass is 127. The van der Waals surface area contributed by atoms with Gasteiger partial charge in [-0.25, -0.2) is 13.8 Å². The monoisotopic (exact) mass is 315 g/mol. The van der Waals surface area contributed by atoms with Crippen LogP contribution in [0.25, 0.3) is 0 Å². The summed E-state index contributed by atoms with van der Waals surface area (Å²) >= 11 is 1.79. The number of aliphatic hydroxyl groups excluding tert-OH is 1. The second-order valence-electron chi connectivity index (χ2n) is 2.49. The Balaban J connectivity index is 3.28. The molecular formula is C8H8F2INO2. The highest BCUT2D eigenvalue weighted by Gasteiger charge is 2.18. The Hall–Kier alpha value is -0.500. The Morgan fingerprint density at radius 2 is 2.29 bits per heavy atom. The van der Waals surface area contributed by atoms with Gasteiger partial charge in [-0.3, -0.25) is 0 Å². The lowest BCUT2D eigenvalue weighted by molar-refractivity contribution is 0.146. The third-order valence-electron chi connectivity index (χ3n) is 1.61. The van der Waals surface area contributed by atoms with Gasteiger partial charge < -0.3 is 9.84 Å². The number of pyridine rings is 1. The molecule has 0 saturated carbocycles. The first kappa shape index (κ1) is 11.6. The molecular weight excluding hydrogens is 307 g/mol. The van der Waals surface area contributed by atoms with E-state index in [1.807, 2.05) is 0 Å². The van der Waals surface area contributed by atoms with E-state index in [-0.39, 0.29) is 23.6 Å². The van der Waals surface area contributed by atoms with Crippen LogP contribution in [0.4, 0.5) is 8.78 Å². The van der Waals surface area contributed by atoms with Gasteiger partial charge in [-0.2, -0.15) is 0 Å². The van der Waals surface area contributed by atoms with E-state index >= 15 is 0 Å². The predicted octanol–water partition coefficient (Wildman–Crippen LogP) is 2.12. The molecule has 0 bridgehead atoms. The number of alkyl halides is 2. The smallest absolute Gasteiger partial charge is 0.267 e. The molecule has 0 aliphatic carbocycles. The molecule has 0 aromatic carbocycles. The number of methoxy groups -OCH3 is 1. The fourth-order valence-corrected chi connectivity index (χ4v) is 1.86. The molecule has 0 unspecified atom stereocenters. The third-order valence-corrected chi connectivity index (χ3v) is 2.35. The summed E-state index contributed by atoms with van der Waals surface area (Å²) < 4.78 is 30.2. The lowest BCUT2D eigenvalue weighted by Gasteiger charge is -2.10. The first-order valence-corrected chi connectivity index (χ1v) is 4.80. The highest BCUT2D eigenvalue weighted by molar-refractivity contribution is 14.1. The number of aromatic nitrogens is 1. The fraction of sp³-hybridized carbons (Fsp3) is 0.375. The maximum absolute atomic E-state index is 12.5. The number of rotatable bonds is 3. The van der Waals surface area contributed by atoms with Crippen molar-refractivity contribution in [2.24, 2.45) is 0 Å². The highest BCUT2D eigenvalue weighted by Crippen LogP contribution is 2.32. The van der Waals surface area contributed by atoms with Gasteiger partial charge in [0.2, 0.25) is 0 Å². The maximum atomic E-state index is 12.5. The lowest BCUT2D eigenvalue weighted by Crippen LogP contribution is -2.01. The second-order valence-corrected chi connectivity index (χ2v) is 3.51. The number of hydrogen-bond donors (Lipinski definition) is 1. The van der Waals surface area contributed by atoms with Crippen LogP contribution in [-0.2, 0) is 6.61 Å². The van der Waals surface area contributed by atoms with E-state index in [0.717, 1.165) is 6.07 Å². The molecule has 1 N–H and O–H groups in total. The molecule has 0 radical (unpaired) electrons. The van der Waals surface area contributed by atoms with E-state index in [0.29, 0.717) is 3.70 Å². The topological polar surface area (TPSA) is 42.4 Å². The third kappa shape index (κ3) is 2.30. The molecule has 0 amide bonds. The maximum Gasteiger partial charge on any atom is 0.267 e. The molecule has 1 rings (SSSR count). The Kier molecular flexibility index (Phi) is 3.99. The first-order chi connectivity index (χ1) is 6.60. The van der Waals surface area contributed by atoms with Crippen LogP contribution < -0.4 is 4.74 Å². The molecule has 0 saturated heterocycles. The molecule has 0 aliphatic heterocycles. The van der Waals surface area contributed by atoms with Gasteiger partial charge in [-0.1, -0.05) is 0 Å². The second kappa shape index (κ2) is 4.83. The van der Waals surface area contributed by atoms with E-state index in [1.165, 1.54) is 7.11 Å². The number of ether oxygens (including phenoxy) is 1.